The summed E-state index contributed by atoms with van der Waals surface area (Å²) in [4.78, 5) is 12.1. The normalized spacial score (nSPS) is 10.5. The summed E-state index contributed by atoms with van der Waals surface area (Å²) in [5, 5.41) is 6.30. The van der Waals surface area contributed by atoms with Crippen molar-refractivity contribution in [3.63, 3.8) is 0 Å². The molecule has 0 spiro atoms. The zero-order valence-corrected chi connectivity index (χ0v) is 13.4. The van der Waals surface area contributed by atoms with Crippen molar-refractivity contribution in [1.29, 1.82) is 0 Å². The zero-order chi connectivity index (χ0) is 15.7. The maximum absolute atomic E-state index is 12.1. The number of carbonyl (C=O) groups is 1. The fourth-order valence-corrected chi connectivity index (χ4v) is 2.11. The van der Waals surface area contributed by atoms with Crippen molar-refractivity contribution in [3.05, 3.63) is 23.8 Å². The van der Waals surface area contributed by atoms with E-state index < -0.39 is 0 Å². The van der Waals surface area contributed by atoms with E-state index in [1.807, 2.05) is 0 Å². The molecule has 0 unspecified atom stereocenters. The number of methoxy groups -OCH3 is 2. The Morgan fingerprint density at radius 1 is 1.10 bits per heavy atom. The number of ether oxygens (including phenoxy) is 2. The van der Waals surface area contributed by atoms with Crippen LogP contribution in [0.1, 0.15) is 37.0 Å². The van der Waals surface area contributed by atoms with E-state index >= 15 is 0 Å². The molecule has 0 fully saturated rings. The molecule has 118 valence electrons. The van der Waals surface area contributed by atoms with Crippen molar-refractivity contribution >= 4 is 5.91 Å². The second kappa shape index (κ2) is 9.23. The summed E-state index contributed by atoms with van der Waals surface area (Å²) in [5.41, 5.74) is 0.565. The quantitative estimate of drug-likeness (QED) is 0.686. The second-order valence-electron chi connectivity index (χ2n) is 4.79. The van der Waals surface area contributed by atoms with Gasteiger partial charge in [-0.05, 0) is 31.0 Å². The van der Waals surface area contributed by atoms with Gasteiger partial charge in [-0.15, -0.1) is 0 Å². The molecule has 2 N–H and O–H groups in total. The number of carbonyl (C=O) groups excluding carboxylic acids is 1. The van der Waals surface area contributed by atoms with E-state index in [2.05, 4.69) is 24.5 Å². The van der Waals surface area contributed by atoms with Crippen molar-refractivity contribution in [1.82, 2.24) is 10.6 Å². The lowest BCUT2D eigenvalue weighted by Gasteiger charge is -2.15. The molecule has 1 aromatic carbocycles. The smallest absolute Gasteiger partial charge is 0.251 e. The van der Waals surface area contributed by atoms with Gasteiger partial charge in [0.05, 0.1) is 14.2 Å². The van der Waals surface area contributed by atoms with Crippen molar-refractivity contribution < 1.29 is 14.3 Å². The third-order valence-corrected chi connectivity index (χ3v) is 3.47. The summed E-state index contributed by atoms with van der Waals surface area (Å²) < 4.78 is 10.3. The molecule has 0 saturated carbocycles. The van der Waals surface area contributed by atoms with Gasteiger partial charge in [0, 0.05) is 24.7 Å². The van der Waals surface area contributed by atoms with E-state index in [-0.39, 0.29) is 5.91 Å². The number of rotatable bonds is 9. The van der Waals surface area contributed by atoms with Crippen LogP contribution in [0.25, 0.3) is 0 Å². The molecule has 0 aromatic heterocycles. The number of hydrogen-bond donors (Lipinski definition) is 2. The predicted molar refractivity (Wildman–Crippen MR) is 84.3 cm³/mol. The molecule has 0 radical (unpaired) electrons. The topological polar surface area (TPSA) is 59.6 Å². The maximum atomic E-state index is 12.1. The first-order chi connectivity index (χ1) is 10.2. The SMILES string of the molecule is CCC(CC)NCCNC(=O)c1ccc(OC)c(OC)c1. The summed E-state index contributed by atoms with van der Waals surface area (Å²) in [6.07, 6.45) is 2.19. The van der Waals surface area contributed by atoms with Crippen molar-refractivity contribution in [2.75, 3.05) is 27.3 Å². The molecule has 0 aliphatic heterocycles. The first-order valence-electron chi connectivity index (χ1n) is 7.39. The van der Waals surface area contributed by atoms with Crippen LogP contribution in [-0.4, -0.2) is 39.3 Å². The van der Waals surface area contributed by atoms with Crippen LogP contribution in [0.15, 0.2) is 18.2 Å². The number of amides is 1. The summed E-state index contributed by atoms with van der Waals surface area (Å²) >= 11 is 0. The Bertz CT molecular complexity index is 445. The zero-order valence-electron chi connectivity index (χ0n) is 13.4. The Kier molecular flexibility index (Phi) is 7.61. The van der Waals surface area contributed by atoms with Crippen molar-refractivity contribution in [2.45, 2.75) is 32.7 Å². The lowest BCUT2D eigenvalue weighted by Crippen LogP contribution is -2.36. The van der Waals surface area contributed by atoms with Crippen LogP contribution in [0, 0.1) is 0 Å². The third-order valence-electron chi connectivity index (χ3n) is 3.47. The van der Waals surface area contributed by atoms with Gasteiger partial charge in [-0.1, -0.05) is 13.8 Å². The highest BCUT2D eigenvalue weighted by molar-refractivity contribution is 5.94. The molecule has 0 aliphatic carbocycles. The molecule has 0 saturated heterocycles. The molecule has 21 heavy (non-hydrogen) atoms. The largest absolute Gasteiger partial charge is 0.493 e. The van der Waals surface area contributed by atoms with Gasteiger partial charge >= 0.3 is 0 Å². The molecule has 1 aromatic rings. The minimum atomic E-state index is -0.109. The molecular weight excluding hydrogens is 268 g/mol. The van der Waals surface area contributed by atoms with E-state index in [0.29, 0.717) is 29.6 Å². The fraction of sp³-hybridized carbons (Fsp3) is 0.562. The van der Waals surface area contributed by atoms with Gasteiger partial charge in [0.25, 0.3) is 5.91 Å². The van der Waals surface area contributed by atoms with E-state index in [4.69, 9.17) is 9.47 Å². The Morgan fingerprint density at radius 3 is 2.33 bits per heavy atom. The monoisotopic (exact) mass is 294 g/mol. The Morgan fingerprint density at radius 2 is 1.76 bits per heavy atom. The van der Waals surface area contributed by atoms with Gasteiger partial charge in [0.15, 0.2) is 11.5 Å². The molecule has 5 nitrogen and oxygen atoms in total. The van der Waals surface area contributed by atoms with E-state index in [1.54, 1.807) is 32.4 Å². The van der Waals surface area contributed by atoms with Crippen LogP contribution in [0.2, 0.25) is 0 Å². The highest BCUT2D eigenvalue weighted by atomic mass is 16.5. The van der Waals surface area contributed by atoms with Crippen LogP contribution >= 0.6 is 0 Å². The first kappa shape index (κ1) is 17.3. The minimum absolute atomic E-state index is 0.109. The molecule has 5 heteroatoms. The number of hydrogen-bond acceptors (Lipinski definition) is 4. The van der Waals surface area contributed by atoms with Crippen LogP contribution < -0.4 is 20.1 Å². The molecule has 0 aliphatic rings. The Balaban J connectivity index is 2.49. The summed E-state index contributed by atoms with van der Waals surface area (Å²) in [7, 11) is 3.13. The van der Waals surface area contributed by atoms with Gasteiger partial charge in [-0.25, -0.2) is 0 Å². The van der Waals surface area contributed by atoms with Crippen molar-refractivity contribution in [2.24, 2.45) is 0 Å². The van der Waals surface area contributed by atoms with E-state index in [0.717, 1.165) is 19.4 Å². The average molecular weight is 294 g/mol. The Hall–Kier alpha value is -1.75. The lowest BCUT2D eigenvalue weighted by molar-refractivity contribution is 0.0953. The molecule has 0 atom stereocenters. The molecule has 1 amide bonds. The summed E-state index contributed by atoms with van der Waals surface area (Å²) in [6.45, 7) is 5.68. The second-order valence-corrected chi connectivity index (χ2v) is 4.79. The lowest BCUT2D eigenvalue weighted by atomic mass is 10.1. The van der Waals surface area contributed by atoms with Gasteiger partial charge in [0.1, 0.15) is 0 Å². The Labute approximate surface area is 127 Å². The highest BCUT2D eigenvalue weighted by Gasteiger charge is 2.10. The van der Waals surface area contributed by atoms with Crippen LogP contribution in [0.4, 0.5) is 0 Å². The first-order valence-corrected chi connectivity index (χ1v) is 7.39. The van der Waals surface area contributed by atoms with Crippen molar-refractivity contribution in [3.8, 4) is 11.5 Å². The standard InChI is InChI=1S/C16H26N2O3/c1-5-13(6-2)17-9-10-18-16(19)12-7-8-14(20-3)15(11-12)21-4/h7-8,11,13,17H,5-6,9-10H2,1-4H3,(H,18,19). The van der Waals surface area contributed by atoms with Crippen LogP contribution in [0.5, 0.6) is 11.5 Å². The number of benzene rings is 1. The van der Waals surface area contributed by atoms with E-state index in [9.17, 15) is 4.79 Å². The van der Waals surface area contributed by atoms with Gasteiger partial charge in [0.2, 0.25) is 0 Å². The van der Waals surface area contributed by atoms with E-state index in [1.165, 1.54) is 0 Å². The van der Waals surface area contributed by atoms with Crippen LogP contribution in [0.3, 0.4) is 0 Å². The predicted octanol–water partition coefficient (Wildman–Crippen LogP) is 2.21. The summed E-state index contributed by atoms with van der Waals surface area (Å²) in [5.74, 6) is 1.06. The maximum Gasteiger partial charge on any atom is 0.251 e. The molecule has 0 heterocycles. The van der Waals surface area contributed by atoms with Crippen LogP contribution in [-0.2, 0) is 0 Å². The fourth-order valence-electron chi connectivity index (χ4n) is 2.11. The van der Waals surface area contributed by atoms with Gasteiger partial charge in [-0.2, -0.15) is 0 Å². The highest BCUT2D eigenvalue weighted by Crippen LogP contribution is 2.27. The number of nitrogens with one attached hydrogen (secondary N) is 2. The average Bonchev–Trinajstić information content (AvgIpc) is 2.54. The molecule has 1 rings (SSSR count). The summed E-state index contributed by atoms with van der Waals surface area (Å²) in [6, 6.07) is 5.66. The van der Waals surface area contributed by atoms with Gasteiger partial charge < -0.3 is 20.1 Å². The molecular formula is C16H26N2O3. The third kappa shape index (κ3) is 5.27. The molecule has 0 bridgehead atoms. The van der Waals surface area contributed by atoms with Gasteiger partial charge in [-0.3, -0.25) is 4.79 Å². The minimum Gasteiger partial charge on any atom is -0.493 e.